The first-order chi connectivity index (χ1) is 12.9. The molecule has 2 aromatic carbocycles. The Morgan fingerprint density at radius 1 is 1.11 bits per heavy atom. The van der Waals surface area contributed by atoms with Gasteiger partial charge in [-0.2, -0.15) is 5.10 Å². The Kier molecular flexibility index (Phi) is 7.32. The maximum absolute atomic E-state index is 12.8. The summed E-state index contributed by atoms with van der Waals surface area (Å²) >= 11 is 5.12. The van der Waals surface area contributed by atoms with Crippen molar-refractivity contribution in [1.82, 2.24) is 10.7 Å². The Labute approximate surface area is 166 Å². The lowest BCUT2D eigenvalue weighted by Gasteiger charge is -2.19. The number of para-hydroxylation sites is 1. The van der Waals surface area contributed by atoms with Gasteiger partial charge < -0.3 is 5.32 Å². The van der Waals surface area contributed by atoms with Crippen LogP contribution in [-0.2, 0) is 10.0 Å². The lowest BCUT2D eigenvalue weighted by atomic mass is 10.1. The molecule has 0 aromatic heterocycles. The van der Waals surface area contributed by atoms with Crippen molar-refractivity contribution in [3.05, 3.63) is 60.2 Å². The summed E-state index contributed by atoms with van der Waals surface area (Å²) < 4.78 is 26.8. The number of nitrogens with one attached hydrogen (secondary N) is 2. The molecule has 2 aromatic rings. The highest BCUT2D eigenvalue weighted by atomic mass is 32.2. The van der Waals surface area contributed by atoms with Gasteiger partial charge in [0, 0.05) is 13.6 Å². The van der Waals surface area contributed by atoms with Gasteiger partial charge in [-0.1, -0.05) is 37.3 Å². The molecule has 0 radical (unpaired) electrons. The first kappa shape index (κ1) is 20.9. The third-order valence-electron chi connectivity index (χ3n) is 3.91. The SMILES string of the molecule is CCCNC(=S)NN=C(C)c1ccc(S(=O)(=O)N(C)c2ccccc2)cc1. The number of hydrogen-bond donors (Lipinski definition) is 2. The van der Waals surface area contributed by atoms with Crippen LogP contribution in [0, 0.1) is 0 Å². The van der Waals surface area contributed by atoms with Gasteiger partial charge >= 0.3 is 0 Å². The van der Waals surface area contributed by atoms with Crippen LogP contribution in [-0.4, -0.2) is 32.8 Å². The summed E-state index contributed by atoms with van der Waals surface area (Å²) in [6.07, 6.45) is 0.970. The maximum atomic E-state index is 12.8. The Morgan fingerprint density at radius 3 is 2.33 bits per heavy atom. The zero-order chi connectivity index (χ0) is 19.9. The number of hydrogen-bond acceptors (Lipinski definition) is 4. The second-order valence-electron chi connectivity index (χ2n) is 5.90. The van der Waals surface area contributed by atoms with E-state index >= 15 is 0 Å². The Hall–Kier alpha value is -2.45. The van der Waals surface area contributed by atoms with Gasteiger partial charge in [0.1, 0.15) is 0 Å². The number of benzene rings is 2. The predicted octanol–water partition coefficient (Wildman–Crippen LogP) is 3.11. The number of nitrogens with zero attached hydrogens (tertiary/aromatic N) is 2. The summed E-state index contributed by atoms with van der Waals surface area (Å²) in [5.41, 5.74) is 4.90. The van der Waals surface area contributed by atoms with E-state index in [9.17, 15) is 8.42 Å². The molecule has 6 nitrogen and oxygen atoms in total. The van der Waals surface area contributed by atoms with Crippen molar-refractivity contribution in [3.63, 3.8) is 0 Å². The Morgan fingerprint density at radius 2 is 1.74 bits per heavy atom. The van der Waals surface area contributed by atoms with Crippen LogP contribution in [0.2, 0.25) is 0 Å². The fourth-order valence-corrected chi connectivity index (χ4v) is 3.62. The lowest BCUT2D eigenvalue weighted by molar-refractivity contribution is 0.594. The summed E-state index contributed by atoms with van der Waals surface area (Å²) in [7, 11) is -2.08. The third kappa shape index (κ3) is 5.51. The summed E-state index contributed by atoms with van der Waals surface area (Å²) in [6.45, 7) is 4.66. The van der Waals surface area contributed by atoms with Crippen LogP contribution in [0.1, 0.15) is 25.8 Å². The highest BCUT2D eigenvalue weighted by Gasteiger charge is 2.21. The van der Waals surface area contributed by atoms with Gasteiger partial charge in [-0.25, -0.2) is 8.42 Å². The van der Waals surface area contributed by atoms with E-state index < -0.39 is 10.0 Å². The van der Waals surface area contributed by atoms with Crippen molar-refractivity contribution >= 4 is 38.8 Å². The van der Waals surface area contributed by atoms with Gasteiger partial charge in [0.15, 0.2) is 5.11 Å². The van der Waals surface area contributed by atoms with Crippen molar-refractivity contribution in [3.8, 4) is 0 Å². The fourth-order valence-electron chi connectivity index (χ4n) is 2.28. The van der Waals surface area contributed by atoms with Crippen molar-refractivity contribution < 1.29 is 8.42 Å². The summed E-state index contributed by atoms with van der Waals surface area (Å²) in [5, 5.41) is 7.71. The minimum absolute atomic E-state index is 0.221. The van der Waals surface area contributed by atoms with Gasteiger partial charge in [-0.3, -0.25) is 9.73 Å². The number of rotatable bonds is 7. The molecule has 8 heteroatoms. The maximum Gasteiger partial charge on any atom is 0.264 e. The molecule has 0 amide bonds. The van der Waals surface area contributed by atoms with E-state index in [1.807, 2.05) is 13.0 Å². The largest absolute Gasteiger partial charge is 0.361 e. The number of sulfonamides is 1. The smallest absolute Gasteiger partial charge is 0.264 e. The van der Waals surface area contributed by atoms with Crippen LogP contribution in [0.25, 0.3) is 0 Å². The molecule has 0 bridgehead atoms. The first-order valence-corrected chi connectivity index (χ1v) is 10.4. The number of anilines is 1. The number of hydrazone groups is 1. The molecular formula is C19H24N4O2S2. The molecule has 0 saturated heterocycles. The zero-order valence-electron chi connectivity index (χ0n) is 15.6. The van der Waals surface area contributed by atoms with E-state index in [1.165, 1.54) is 4.31 Å². The fraction of sp³-hybridized carbons (Fsp3) is 0.263. The first-order valence-electron chi connectivity index (χ1n) is 8.58. The van der Waals surface area contributed by atoms with Crippen molar-refractivity contribution in [2.75, 3.05) is 17.9 Å². The molecular weight excluding hydrogens is 380 g/mol. The van der Waals surface area contributed by atoms with E-state index in [1.54, 1.807) is 55.6 Å². The van der Waals surface area contributed by atoms with Gasteiger partial charge in [0.25, 0.3) is 10.0 Å². The minimum Gasteiger partial charge on any atom is -0.361 e. The molecule has 0 unspecified atom stereocenters. The highest BCUT2D eigenvalue weighted by molar-refractivity contribution is 7.92. The van der Waals surface area contributed by atoms with E-state index in [0.717, 1.165) is 18.5 Å². The molecule has 0 aliphatic rings. The molecule has 27 heavy (non-hydrogen) atoms. The molecule has 2 rings (SSSR count). The van der Waals surface area contributed by atoms with Gasteiger partial charge in [0.2, 0.25) is 0 Å². The van der Waals surface area contributed by atoms with Crippen molar-refractivity contribution in [1.29, 1.82) is 0 Å². The molecule has 144 valence electrons. The van der Waals surface area contributed by atoms with Crippen molar-refractivity contribution in [2.45, 2.75) is 25.2 Å². The van der Waals surface area contributed by atoms with Crippen molar-refractivity contribution in [2.24, 2.45) is 5.10 Å². The van der Waals surface area contributed by atoms with E-state index in [4.69, 9.17) is 12.2 Å². The van der Waals surface area contributed by atoms with Gasteiger partial charge in [-0.15, -0.1) is 0 Å². The van der Waals surface area contributed by atoms with Crippen LogP contribution >= 0.6 is 12.2 Å². The Bertz CT molecular complexity index is 895. The molecule has 0 fully saturated rings. The monoisotopic (exact) mass is 404 g/mol. The quantitative estimate of drug-likeness (QED) is 0.421. The summed E-state index contributed by atoms with van der Waals surface area (Å²) in [5.74, 6) is 0. The zero-order valence-corrected chi connectivity index (χ0v) is 17.3. The summed E-state index contributed by atoms with van der Waals surface area (Å²) in [4.78, 5) is 0.221. The third-order valence-corrected chi connectivity index (χ3v) is 5.95. The average Bonchev–Trinajstić information content (AvgIpc) is 2.70. The highest BCUT2D eigenvalue weighted by Crippen LogP contribution is 2.22. The molecule has 2 N–H and O–H groups in total. The molecule has 0 atom stereocenters. The average molecular weight is 405 g/mol. The van der Waals surface area contributed by atoms with Crippen LogP contribution in [0.3, 0.4) is 0 Å². The van der Waals surface area contributed by atoms with Crippen LogP contribution in [0.4, 0.5) is 5.69 Å². The standard InChI is InChI=1S/C19H24N4O2S2/c1-4-14-20-19(26)22-21-15(2)16-10-12-18(13-11-16)27(24,25)23(3)17-8-6-5-7-9-17/h5-13H,4,14H2,1-3H3,(H2,20,22,26). The lowest BCUT2D eigenvalue weighted by Crippen LogP contribution is -2.33. The molecule has 0 aliphatic heterocycles. The van der Waals surface area contributed by atoms with Crippen LogP contribution < -0.4 is 15.0 Å². The van der Waals surface area contributed by atoms with Crippen LogP contribution in [0.5, 0.6) is 0 Å². The molecule has 0 aliphatic carbocycles. The van der Waals surface area contributed by atoms with Crippen LogP contribution in [0.15, 0.2) is 64.6 Å². The predicted molar refractivity (Wildman–Crippen MR) is 115 cm³/mol. The number of thiocarbonyl (C=S) groups is 1. The molecule has 0 spiro atoms. The van der Waals surface area contributed by atoms with Gasteiger partial charge in [0.05, 0.1) is 16.3 Å². The summed E-state index contributed by atoms with van der Waals surface area (Å²) in [6, 6.07) is 15.6. The van der Waals surface area contributed by atoms with E-state index in [-0.39, 0.29) is 4.90 Å². The Balaban J connectivity index is 2.13. The second-order valence-corrected chi connectivity index (χ2v) is 8.27. The second kappa shape index (κ2) is 9.48. The van der Waals surface area contributed by atoms with Gasteiger partial charge in [-0.05, 0) is 55.4 Å². The molecule has 0 saturated carbocycles. The molecule has 0 heterocycles. The van der Waals surface area contributed by atoms with E-state index in [0.29, 0.717) is 16.5 Å². The normalized spacial score (nSPS) is 11.7. The topological polar surface area (TPSA) is 73.8 Å². The van der Waals surface area contributed by atoms with E-state index in [2.05, 4.69) is 22.8 Å². The minimum atomic E-state index is -3.62.